The minimum Gasteiger partial charge on any atom is -0.479 e. The highest BCUT2D eigenvalue weighted by Gasteiger charge is 2.56. The number of hydrogen-bond acceptors (Lipinski definition) is 22. The van der Waals surface area contributed by atoms with E-state index in [4.69, 9.17) is 43.6 Å². The minimum atomic E-state index is -2.24. The fourth-order valence-electron chi connectivity index (χ4n) is 5.92. The average molecular weight is 752 g/mol. The second-order valence-corrected chi connectivity index (χ2v) is 12.2. The van der Waals surface area contributed by atoms with Crippen molar-refractivity contribution in [1.29, 1.82) is 0 Å². The predicted octanol–water partition coefficient (Wildman–Crippen LogP) is -9.19. The summed E-state index contributed by atoms with van der Waals surface area (Å²) in [4.78, 5) is 23.5. The summed E-state index contributed by atoms with van der Waals surface area (Å²) < 4.78 is 42.9. The molecule has 0 aromatic carbocycles. The van der Waals surface area contributed by atoms with Gasteiger partial charge >= 0.3 is 11.9 Å². The van der Waals surface area contributed by atoms with Gasteiger partial charge in [0.1, 0.15) is 85.5 Å². The molecule has 4 heterocycles. The average Bonchev–Trinajstić information content (AvgIpc) is 3.09. The van der Waals surface area contributed by atoms with Crippen molar-refractivity contribution in [2.24, 2.45) is 5.73 Å². The van der Waals surface area contributed by atoms with Crippen LogP contribution in [0.25, 0.3) is 0 Å². The second kappa shape index (κ2) is 18.0. The molecule has 4 rings (SSSR count). The molecule has 24 heteroatoms. The molecule has 0 amide bonds. The molecule has 20 atom stereocenters. The third kappa shape index (κ3) is 8.93. The van der Waals surface area contributed by atoms with E-state index >= 15 is 0 Å². The molecule has 4 aliphatic rings. The molecule has 4 saturated heterocycles. The Morgan fingerprint density at radius 3 is 1.41 bits per heavy atom. The zero-order valence-corrected chi connectivity index (χ0v) is 26.6. The number of aliphatic hydroxyl groups is 11. The molecular weight excluding hydrogens is 706 g/mol. The summed E-state index contributed by atoms with van der Waals surface area (Å²) in [7, 11) is 0. The first kappa shape index (κ1) is 41.9. The third-order valence-corrected chi connectivity index (χ3v) is 8.75. The number of hydrogen-bond donors (Lipinski definition) is 14. The zero-order valence-electron chi connectivity index (χ0n) is 26.6. The van der Waals surface area contributed by atoms with Gasteiger partial charge in [0.2, 0.25) is 0 Å². The second-order valence-electron chi connectivity index (χ2n) is 12.2. The van der Waals surface area contributed by atoms with Crippen molar-refractivity contribution < 1.29 is 114 Å². The molecule has 0 spiro atoms. The summed E-state index contributed by atoms with van der Waals surface area (Å²) in [6, 6.07) is 0. The first-order chi connectivity index (χ1) is 24.1. The van der Waals surface area contributed by atoms with Crippen molar-refractivity contribution in [1.82, 2.24) is 0 Å². The molecule has 296 valence electrons. The number of carbonyl (C=O) groups is 2. The van der Waals surface area contributed by atoms with Crippen LogP contribution in [0.5, 0.6) is 0 Å². The van der Waals surface area contributed by atoms with Crippen LogP contribution in [0.3, 0.4) is 0 Å². The zero-order chi connectivity index (χ0) is 37.9. The topological polar surface area (TPSA) is 397 Å². The highest BCUT2D eigenvalue weighted by Crippen LogP contribution is 2.34. The number of aliphatic carboxylic acids is 2. The van der Waals surface area contributed by atoms with Crippen LogP contribution in [-0.2, 0) is 47.5 Å². The summed E-state index contributed by atoms with van der Waals surface area (Å²) in [5.74, 6) is -3.57. The Hall–Kier alpha value is -1.86. The van der Waals surface area contributed by atoms with E-state index in [0.29, 0.717) is 6.42 Å². The van der Waals surface area contributed by atoms with Crippen molar-refractivity contribution in [2.45, 2.75) is 129 Å². The van der Waals surface area contributed by atoms with Crippen LogP contribution in [0.4, 0.5) is 0 Å². The lowest BCUT2D eigenvalue weighted by Crippen LogP contribution is -2.68. The van der Waals surface area contributed by atoms with Gasteiger partial charge in [-0.2, -0.15) is 0 Å². The molecule has 0 aromatic rings. The van der Waals surface area contributed by atoms with Crippen LogP contribution in [-0.4, -0.2) is 228 Å². The minimum absolute atomic E-state index is 0.0127. The highest BCUT2D eigenvalue weighted by molar-refractivity contribution is 5.73. The molecule has 8 unspecified atom stereocenters. The number of carboxylic acids is 2. The van der Waals surface area contributed by atoms with E-state index in [9.17, 15) is 76.0 Å². The van der Waals surface area contributed by atoms with Gasteiger partial charge in [0.25, 0.3) is 0 Å². The van der Waals surface area contributed by atoms with Gasteiger partial charge < -0.3 is 110 Å². The van der Waals surface area contributed by atoms with Crippen LogP contribution in [0.1, 0.15) is 6.42 Å². The molecule has 4 fully saturated rings. The maximum absolute atomic E-state index is 12.0. The monoisotopic (exact) mass is 751 g/mol. The van der Waals surface area contributed by atoms with Crippen molar-refractivity contribution in [2.75, 3.05) is 26.4 Å². The van der Waals surface area contributed by atoms with E-state index in [1.165, 1.54) is 0 Å². The summed E-state index contributed by atoms with van der Waals surface area (Å²) in [5, 5.41) is 134. The van der Waals surface area contributed by atoms with Gasteiger partial charge in [-0.1, -0.05) is 0 Å². The number of rotatable bonds is 14. The van der Waals surface area contributed by atoms with Crippen LogP contribution >= 0.6 is 0 Å². The fraction of sp³-hybridized carbons (Fsp3) is 0.926. The predicted molar refractivity (Wildman–Crippen MR) is 152 cm³/mol. The molecular formula is C27H45NO23. The quantitative estimate of drug-likeness (QED) is 0.0733. The maximum atomic E-state index is 12.0. The largest absolute Gasteiger partial charge is 0.479 e. The van der Waals surface area contributed by atoms with E-state index in [2.05, 4.69) is 0 Å². The van der Waals surface area contributed by atoms with Gasteiger partial charge in [-0.05, 0) is 13.0 Å². The molecule has 0 aliphatic carbocycles. The molecule has 0 aromatic heterocycles. The van der Waals surface area contributed by atoms with Gasteiger partial charge in [0.05, 0.1) is 19.8 Å². The van der Waals surface area contributed by atoms with Crippen LogP contribution in [0.15, 0.2) is 0 Å². The Kier molecular flexibility index (Phi) is 14.8. The summed E-state index contributed by atoms with van der Waals surface area (Å²) in [6.07, 6.45) is -39.3. The standard InChI is InChI=1S/C27H45NO23/c28-2-1-3-44-24-13(36)10(33)17(6(4-29)45-24)48-27-16(39)19(15(38)21(51-27)23(42)43)49-25-14(37)11(34)18(7(5-30)46-25)47-26-12(35)8(31)9(32)20(50-26)22(40)41/h6-21,24-27,29-39H,1-5,28H2,(H,40,41)(H,42,43)/t6?,7?,8-,9-,10+,11+,12?,13?,14?,15-,16?,17+,18+,19-,20?,21?,24+,25-,26+,27+/m0/s1. The highest BCUT2D eigenvalue weighted by atomic mass is 16.8. The lowest BCUT2D eigenvalue weighted by Gasteiger charge is -2.48. The van der Waals surface area contributed by atoms with Crippen molar-refractivity contribution >= 4 is 11.9 Å². The number of nitrogens with two attached hydrogens (primary N) is 1. The molecule has 0 radical (unpaired) electrons. The van der Waals surface area contributed by atoms with Crippen LogP contribution in [0, 0.1) is 0 Å². The Balaban J connectivity index is 1.49. The van der Waals surface area contributed by atoms with Gasteiger partial charge in [-0.25, -0.2) is 9.59 Å². The first-order valence-electron chi connectivity index (χ1n) is 15.8. The van der Waals surface area contributed by atoms with Gasteiger partial charge in [0.15, 0.2) is 37.4 Å². The Labute approximate surface area is 287 Å². The van der Waals surface area contributed by atoms with Gasteiger partial charge in [-0.3, -0.25) is 0 Å². The Morgan fingerprint density at radius 2 is 0.922 bits per heavy atom. The number of ether oxygens (including phenoxy) is 8. The van der Waals surface area contributed by atoms with Crippen molar-refractivity contribution in [3.05, 3.63) is 0 Å². The van der Waals surface area contributed by atoms with Crippen molar-refractivity contribution in [3.63, 3.8) is 0 Å². The smallest absolute Gasteiger partial charge is 0.335 e. The van der Waals surface area contributed by atoms with E-state index in [1.54, 1.807) is 0 Å². The Bertz CT molecular complexity index is 1130. The van der Waals surface area contributed by atoms with E-state index in [0.717, 1.165) is 0 Å². The van der Waals surface area contributed by atoms with Gasteiger partial charge in [-0.15, -0.1) is 0 Å². The molecule has 0 bridgehead atoms. The normalized spacial score (nSPS) is 47.9. The molecule has 0 saturated carbocycles. The van der Waals surface area contributed by atoms with E-state index < -0.39 is 148 Å². The Morgan fingerprint density at radius 1 is 0.510 bits per heavy atom. The molecule has 15 N–H and O–H groups in total. The van der Waals surface area contributed by atoms with E-state index in [1.807, 2.05) is 0 Å². The van der Waals surface area contributed by atoms with E-state index in [-0.39, 0.29) is 13.2 Å². The summed E-state index contributed by atoms with van der Waals surface area (Å²) in [6.45, 7) is -1.63. The van der Waals surface area contributed by atoms with Crippen LogP contribution < -0.4 is 5.73 Å². The fourth-order valence-corrected chi connectivity index (χ4v) is 5.92. The maximum Gasteiger partial charge on any atom is 0.335 e. The summed E-state index contributed by atoms with van der Waals surface area (Å²) in [5.41, 5.74) is 5.41. The van der Waals surface area contributed by atoms with Gasteiger partial charge in [0, 0.05) is 0 Å². The molecule has 24 nitrogen and oxygen atoms in total. The number of carboxylic acid groups (broad SMARTS) is 2. The van der Waals surface area contributed by atoms with Crippen LogP contribution in [0.2, 0.25) is 0 Å². The summed E-state index contributed by atoms with van der Waals surface area (Å²) >= 11 is 0. The SMILES string of the molecule is NCCCO[C@@H]1OC(CO)[C@@H](O[C@@H]2OC(C(=O)O)[C@@H](O)[C@H](O[C@@H]3OC(CO)[C@@H](O[C@@H]4OC(C(=O)O)[C@@H](O)[C@H](O)C4O)[C@H](O)C3O)C2O)[C@H](O)C1O. The number of aliphatic hydroxyl groups excluding tert-OH is 11. The first-order valence-corrected chi connectivity index (χ1v) is 15.8. The van der Waals surface area contributed by atoms with Crippen molar-refractivity contribution in [3.8, 4) is 0 Å². The molecule has 51 heavy (non-hydrogen) atoms. The third-order valence-electron chi connectivity index (χ3n) is 8.75. The molecule has 4 aliphatic heterocycles. The lowest BCUT2D eigenvalue weighted by atomic mass is 9.95. The lowest BCUT2D eigenvalue weighted by molar-refractivity contribution is -0.385.